The zero-order valence-corrected chi connectivity index (χ0v) is 27.4. The van der Waals surface area contributed by atoms with Crippen molar-refractivity contribution in [3.63, 3.8) is 0 Å². The van der Waals surface area contributed by atoms with Gasteiger partial charge < -0.3 is 0 Å². The van der Waals surface area contributed by atoms with Crippen molar-refractivity contribution in [2.24, 2.45) is 0 Å². The van der Waals surface area contributed by atoms with Gasteiger partial charge in [0.2, 0.25) is 0 Å². The summed E-state index contributed by atoms with van der Waals surface area (Å²) in [7, 11) is -2.62. The van der Waals surface area contributed by atoms with Gasteiger partial charge in [0, 0.05) is 0 Å². The summed E-state index contributed by atoms with van der Waals surface area (Å²) in [5.41, 5.74) is 8.96. The van der Waals surface area contributed by atoms with E-state index in [1.807, 2.05) is 0 Å². The average molecular weight is 543 g/mol. The van der Waals surface area contributed by atoms with Gasteiger partial charge >= 0.3 is 232 Å². The third-order valence-electron chi connectivity index (χ3n) is 9.24. The Bertz CT molecular complexity index is 1330. The molecule has 0 spiro atoms. The molecule has 3 aromatic carbocycles. The molecule has 0 nitrogen and oxygen atoms in total. The van der Waals surface area contributed by atoms with Crippen molar-refractivity contribution in [3.8, 4) is 0 Å². The van der Waals surface area contributed by atoms with Crippen LogP contribution in [-0.4, -0.2) is 8.07 Å². The Morgan fingerprint density at radius 3 is 1.65 bits per heavy atom. The number of hydrogen-bond donors (Lipinski definition) is 0. The molecule has 0 heterocycles. The summed E-state index contributed by atoms with van der Waals surface area (Å²) in [6.45, 7) is 16.8. The molecule has 0 saturated heterocycles. The van der Waals surface area contributed by atoms with E-state index >= 15 is 0 Å². The van der Waals surface area contributed by atoms with Crippen molar-refractivity contribution in [2.45, 2.75) is 82.0 Å². The summed E-state index contributed by atoms with van der Waals surface area (Å²) >= 11 is -2.31. The standard InChI is InChI=1S/C32H37Si.3CH3.Ti/c1-8-27-19-28(9-2)21-31(20-27)33(29-13-11-10-12-14-29,30-17-15-23(3)16-18-30)32(7)22-24(4)25(5)26(32)6;;;;/h10-21H,8-9H2,1-7H3;3*1H3;. The predicted octanol–water partition coefficient (Wildman–Crippen LogP) is 8.27. The van der Waals surface area contributed by atoms with Crippen molar-refractivity contribution in [1.82, 2.24) is 0 Å². The van der Waals surface area contributed by atoms with E-state index in [0.717, 1.165) is 12.8 Å². The summed E-state index contributed by atoms with van der Waals surface area (Å²) in [4.78, 5) is 0. The number of aryl methyl sites for hydroxylation is 3. The predicted molar refractivity (Wildman–Crippen MR) is 165 cm³/mol. The van der Waals surface area contributed by atoms with Crippen LogP contribution < -0.4 is 15.6 Å². The molecule has 194 valence electrons. The van der Waals surface area contributed by atoms with Crippen molar-refractivity contribution < 1.29 is 16.6 Å². The van der Waals surface area contributed by atoms with Crippen LogP contribution in [0.25, 0.3) is 0 Å². The molecule has 2 unspecified atom stereocenters. The third-order valence-corrected chi connectivity index (χ3v) is 19.0. The molecule has 0 aliphatic heterocycles. The minimum atomic E-state index is -2.62. The van der Waals surface area contributed by atoms with E-state index in [2.05, 4.69) is 137 Å². The van der Waals surface area contributed by atoms with Crippen LogP contribution in [0.15, 0.2) is 93.4 Å². The minimum absolute atomic E-state index is 0.0204. The topological polar surface area (TPSA) is 0 Å². The van der Waals surface area contributed by atoms with Crippen molar-refractivity contribution in [3.05, 3.63) is 110 Å². The molecule has 0 saturated carbocycles. The van der Waals surface area contributed by atoms with Crippen LogP contribution in [0.1, 0.15) is 58.2 Å². The van der Waals surface area contributed by atoms with Gasteiger partial charge in [-0.2, -0.15) is 0 Å². The van der Waals surface area contributed by atoms with Gasteiger partial charge in [-0.3, -0.25) is 0 Å². The molecule has 2 atom stereocenters. The van der Waals surface area contributed by atoms with Crippen LogP contribution >= 0.6 is 0 Å². The average Bonchev–Trinajstić information content (AvgIpc) is 3.06. The Balaban J connectivity index is 2.31. The first-order chi connectivity index (χ1) is 17.4. The fraction of sp³-hybridized carbons (Fsp3) is 0.371. The Kier molecular flexibility index (Phi) is 7.84. The van der Waals surface area contributed by atoms with Gasteiger partial charge in [-0.15, -0.1) is 0 Å². The summed E-state index contributed by atoms with van der Waals surface area (Å²) < 4.78 is 1.80. The first-order valence-electron chi connectivity index (χ1n) is 14.1. The van der Waals surface area contributed by atoms with E-state index in [9.17, 15) is 0 Å². The second-order valence-corrected chi connectivity index (χ2v) is 24.4. The van der Waals surface area contributed by atoms with Gasteiger partial charge in [-0.1, -0.05) is 0 Å². The van der Waals surface area contributed by atoms with Crippen molar-refractivity contribution in [2.75, 3.05) is 0 Å². The first kappa shape index (κ1) is 28.1. The fourth-order valence-electron chi connectivity index (χ4n) is 7.43. The second-order valence-electron chi connectivity index (χ2n) is 12.4. The van der Waals surface area contributed by atoms with Gasteiger partial charge in [-0.05, 0) is 0 Å². The van der Waals surface area contributed by atoms with Crippen LogP contribution in [0.5, 0.6) is 0 Å². The molecule has 4 rings (SSSR count). The number of allylic oxidation sites excluding steroid dienone is 4. The zero-order valence-electron chi connectivity index (χ0n) is 24.8. The summed E-state index contributed by atoms with van der Waals surface area (Å²) in [5, 5.41) is 12.5. The SMILES string of the molecule is CCc1cc(CC)cc([Si](c2ccccc2)(c2ccc(C)cc2)C2(C)C(C)=C(C)C(C)=[C]2[Ti]([CH3])([CH3])[CH3])c1. The second kappa shape index (κ2) is 10.3. The summed E-state index contributed by atoms with van der Waals surface area (Å²) in [5.74, 6) is 0. The molecule has 1 aliphatic carbocycles. The normalized spacial score (nSPS) is 19.9. The maximum atomic E-state index is 2.65. The summed E-state index contributed by atoms with van der Waals surface area (Å²) in [6, 6.07) is 28.9. The molecule has 0 aromatic heterocycles. The molecule has 3 aromatic rings. The monoisotopic (exact) mass is 542 g/mol. The Morgan fingerprint density at radius 2 is 1.16 bits per heavy atom. The van der Waals surface area contributed by atoms with Crippen LogP contribution in [0.2, 0.25) is 20.7 Å². The first-order valence-corrected chi connectivity index (χ1v) is 21.6. The molecule has 37 heavy (non-hydrogen) atoms. The van der Waals surface area contributed by atoms with Gasteiger partial charge in [0.15, 0.2) is 0 Å². The summed E-state index contributed by atoms with van der Waals surface area (Å²) in [6.07, 6.45) is 2.13. The number of hydrogen-bond acceptors (Lipinski definition) is 0. The van der Waals surface area contributed by atoms with E-state index in [1.165, 1.54) is 32.6 Å². The van der Waals surface area contributed by atoms with E-state index in [4.69, 9.17) is 0 Å². The van der Waals surface area contributed by atoms with Gasteiger partial charge in [0.05, 0.1) is 0 Å². The van der Waals surface area contributed by atoms with Crippen LogP contribution in [0.3, 0.4) is 0 Å². The Morgan fingerprint density at radius 1 is 0.649 bits per heavy atom. The molecule has 0 radical (unpaired) electrons. The van der Waals surface area contributed by atoms with Crippen molar-refractivity contribution >= 4 is 23.6 Å². The fourth-order valence-corrected chi connectivity index (χ4v) is 20.7. The number of rotatable bonds is 7. The van der Waals surface area contributed by atoms with Crippen LogP contribution in [-0.2, 0) is 29.4 Å². The molecular weight excluding hydrogens is 496 g/mol. The van der Waals surface area contributed by atoms with E-state index in [-0.39, 0.29) is 5.04 Å². The van der Waals surface area contributed by atoms with Gasteiger partial charge in [-0.25, -0.2) is 0 Å². The van der Waals surface area contributed by atoms with Crippen LogP contribution in [0.4, 0.5) is 0 Å². The maximum absolute atomic E-state index is 2.65. The van der Waals surface area contributed by atoms with Gasteiger partial charge in [0.25, 0.3) is 0 Å². The van der Waals surface area contributed by atoms with Gasteiger partial charge in [0.1, 0.15) is 0 Å². The van der Waals surface area contributed by atoms with Crippen molar-refractivity contribution in [1.29, 1.82) is 0 Å². The van der Waals surface area contributed by atoms with E-state index in [0.29, 0.717) is 0 Å². The Labute approximate surface area is 231 Å². The molecule has 1 aliphatic rings. The van der Waals surface area contributed by atoms with E-state index < -0.39 is 24.7 Å². The zero-order chi connectivity index (χ0) is 27.2. The van der Waals surface area contributed by atoms with E-state index in [1.54, 1.807) is 20.2 Å². The third kappa shape index (κ3) is 4.42. The molecule has 0 fully saturated rings. The molecule has 0 N–H and O–H groups in total. The number of benzene rings is 3. The molecular formula is C35H46SiTi. The van der Waals surface area contributed by atoms with Crippen LogP contribution in [0, 0.1) is 6.92 Å². The molecule has 0 bridgehead atoms. The Hall–Kier alpha value is -1.93. The quantitative estimate of drug-likeness (QED) is 0.208. The molecule has 0 amide bonds. The molecule has 2 heteroatoms.